The first-order valence-corrected chi connectivity index (χ1v) is 5.94. The van der Waals surface area contributed by atoms with Crippen LogP contribution in [0.2, 0.25) is 0 Å². The molecular weight excluding hydrogens is 214 g/mol. The smallest absolute Gasteiger partial charge is 0.242 e. The Bertz CT molecular complexity index is 327. The molecule has 1 amide bonds. The highest BCUT2D eigenvalue weighted by Crippen LogP contribution is 1.96. The van der Waals surface area contributed by atoms with E-state index in [0.717, 1.165) is 5.75 Å². The highest BCUT2D eigenvalue weighted by molar-refractivity contribution is 7.98. The number of rotatable bonds is 5. The fraction of sp³-hybridized carbons (Fsp3) is 0.625. The Morgan fingerprint density at radius 2 is 2.53 bits per heavy atom. The number of hydrogen-bond donors (Lipinski definition) is 2. The molecule has 1 atom stereocenters. The summed E-state index contributed by atoms with van der Waals surface area (Å²) < 4.78 is 1.41. The van der Waals surface area contributed by atoms with Crippen molar-refractivity contribution < 1.29 is 4.79 Å². The maximum absolute atomic E-state index is 11.5. The van der Waals surface area contributed by atoms with E-state index < -0.39 is 0 Å². The van der Waals surface area contributed by atoms with Crippen LogP contribution in [0.1, 0.15) is 6.92 Å². The van der Waals surface area contributed by atoms with Gasteiger partial charge in [0.15, 0.2) is 0 Å². The van der Waals surface area contributed by atoms with Gasteiger partial charge in [0, 0.05) is 11.8 Å². The van der Waals surface area contributed by atoms with Crippen molar-refractivity contribution in [2.75, 3.05) is 17.7 Å². The molecule has 84 valence electrons. The zero-order valence-corrected chi connectivity index (χ0v) is 9.62. The van der Waals surface area contributed by atoms with E-state index in [0.29, 0.717) is 0 Å². The summed E-state index contributed by atoms with van der Waals surface area (Å²) in [6.07, 6.45) is 3.44. The molecule has 1 heterocycles. The molecule has 1 aromatic rings. The lowest BCUT2D eigenvalue weighted by atomic mass is 10.4. The first-order chi connectivity index (χ1) is 7.11. The number of aromatic nitrogens is 3. The van der Waals surface area contributed by atoms with Gasteiger partial charge in [-0.1, -0.05) is 0 Å². The topological polar surface area (TPSA) is 85.8 Å². The summed E-state index contributed by atoms with van der Waals surface area (Å²) in [4.78, 5) is 15.2. The number of thioether (sulfide) groups is 1. The summed E-state index contributed by atoms with van der Waals surface area (Å²) in [5.41, 5.74) is 5.33. The van der Waals surface area contributed by atoms with Crippen molar-refractivity contribution in [3.63, 3.8) is 0 Å². The quantitative estimate of drug-likeness (QED) is 0.725. The second kappa shape index (κ2) is 5.59. The molecule has 0 aliphatic carbocycles. The Morgan fingerprint density at radius 1 is 1.80 bits per heavy atom. The van der Waals surface area contributed by atoms with Crippen LogP contribution >= 0.6 is 11.8 Å². The summed E-state index contributed by atoms with van der Waals surface area (Å²) >= 11 is 1.69. The van der Waals surface area contributed by atoms with Crippen LogP contribution in [0.3, 0.4) is 0 Å². The van der Waals surface area contributed by atoms with Crippen molar-refractivity contribution in [1.82, 2.24) is 20.1 Å². The van der Waals surface area contributed by atoms with Crippen molar-refractivity contribution in [2.24, 2.45) is 0 Å². The molecule has 0 fully saturated rings. The van der Waals surface area contributed by atoms with E-state index >= 15 is 0 Å². The highest BCUT2D eigenvalue weighted by atomic mass is 32.2. The molecule has 0 radical (unpaired) electrons. The van der Waals surface area contributed by atoms with Crippen LogP contribution < -0.4 is 11.1 Å². The van der Waals surface area contributed by atoms with Gasteiger partial charge in [0.05, 0.1) is 0 Å². The Kier molecular flexibility index (Phi) is 4.41. The van der Waals surface area contributed by atoms with Crippen LogP contribution in [-0.2, 0) is 11.3 Å². The van der Waals surface area contributed by atoms with Crippen molar-refractivity contribution in [2.45, 2.75) is 19.5 Å². The lowest BCUT2D eigenvalue weighted by Gasteiger charge is -2.11. The molecule has 0 aliphatic heterocycles. The highest BCUT2D eigenvalue weighted by Gasteiger charge is 2.08. The van der Waals surface area contributed by atoms with Gasteiger partial charge in [-0.25, -0.2) is 9.67 Å². The third kappa shape index (κ3) is 4.20. The van der Waals surface area contributed by atoms with E-state index in [1.165, 1.54) is 11.0 Å². The lowest BCUT2D eigenvalue weighted by Crippen LogP contribution is -2.36. The largest absolute Gasteiger partial charge is 0.367 e. The van der Waals surface area contributed by atoms with Gasteiger partial charge in [0.1, 0.15) is 12.9 Å². The van der Waals surface area contributed by atoms with Gasteiger partial charge < -0.3 is 11.1 Å². The summed E-state index contributed by atoms with van der Waals surface area (Å²) in [7, 11) is 0. The number of nitrogens with one attached hydrogen (secondary N) is 1. The van der Waals surface area contributed by atoms with Crippen LogP contribution in [0, 0.1) is 0 Å². The normalized spacial score (nSPS) is 12.4. The summed E-state index contributed by atoms with van der Waals surface area (Å²) in [6, 6.07) is 0.161. The fourth-order valence-electron chi connectivity index (χ4n) is 1.14. The minimum absolute atomic E-state index is 0.0820. The molecule has 0 saturated carbocycles. The lowest BCUT2D eigenvalue weighted by molar-refractivity contribution is -0.122. The van der Waals surface area contributed by atoms with Gasteiger partial charge in [-0.2, -0.15) is 11.8 Å². The van der Waals surface area contributed by atoms with Crippen LogP contribution in [0.4, 0.5) is 5.95 Å². The second-order valence-corrected chi connectivity index (χ2v) is 4.13. The molecule has 0 aliphatic rings. The number of anilines is 1. The minimum Gasteiger partial charge on any atom is -0.367 e. The monoisotopic (exact) mass is 229 g/mol. The molecule has 6 nitrogen and oxygen atoms in total. The van der Waals surface area contributed by atoms with Gasteiger partial charge in [0.25, 0.3) is 0 Å². The standard InChI is InChI=1S/C8H15N5OS/c1-6(4-15-2)11-7(14)3-13-5-10-8(9)12-13/h5-6H,3-4H2,1-2H3,(H2,9,12)(H,11,14). The van der Waals surface area contributed by atoms with Crippen LogP contribution in [0.5, 0.6) is 0 Å². The zero-order valence-electron chi connectivity index (χ0n) is 8.80. The van der Waals surface area contributed by atoms with E-state index in [2.05, 4.69) is 15.4 Å². The third-order valence-corrected chi connectivity index (χ3v) is 2.52. The maximum atomic E-state index is 11.5. The Morgan fingerprint density at radius 3 is 3.07 bits per heavy atom. The third-order valence-electron chi connectivity index (χ3n) is 1.68. The number of hydrogen-bond acceptors (Lipinski definition) is 5. The number of nitrogens with two attached hydrogens (primary N) is 1. The first kappa shape index (κ1) is 11.8. The Balaban J connectivity index is 2.36. The van der Waals surface area contributed by atoms with E-state index in [4.69, 9.17) is 5.73 Å². The van der Waals surface area contributed by atoms with Gasteiger partial charge in [-0.05, 0) is 13.2 Å². The predicted octanol–water partition coefficient (Wildman–Crippen LogP) is -0.272. The van der Waals surface area contributed by atoms with E-state index in [-0.39, 0.29) is 24.4 Å². The van der Waals surface area contributed by atoms with Gasteiger partial charge >= 0.3 is 0 Å². The molecule has 0 saturated heterocycles. The van der Waals surface area contributed by atoms with Crippen LogP contribution in [0.15, 0.2) is 6.33 Å². The molecule has 0 bridgehead atoms. The minimum atomic E-state index is -0.0820. The van der Waals surface area contributed by atoms with Crippen LogP contribution in [-0.4, -0.2) is 38.7 Å². The van der Waals surface area contributed by atoms with Crippen molar-refractivity contribution in [1.29, 1.82) is 0 Å². The number of carbonyl (C=O) groups is 1. The molecule has 15 heavy (non-hydrogen) atoms. The Hall–Kier alpha value is -1.24. The number of amides is 1. The van der Waals surface area contributed by atoms with E-state index in [9.17, 15) is 4.79 Å². The van der Waals surface area contributed by atoms with Crippen molar-refractivity contribution in [3.05, 3.63) is 6.33 Å². The molecule has 0 aromatic carbocycles. The second-order valence-electron chi connectivity index (χ2n) is 3.22. The molecule has 0 spiro atoms. The van der Waals surface area contributed by atoms with Crippen molar-refractivity contribution >= 4 is 23.6 Å². The van der Waals surface area contributed by atoms with Gasteiger partial charge in [-0.15, -0.1) is 5.10 Å². The van der Waals surface area contributed by atoms with Gasteiger partial charge in [-0.3, -0.25) is 4.79 Å². The number of nitrogen functional groups attached to an aromatic ring is 1. The van der Waals surface area contributed by atoms with E-state index in [1.54, 1.807) is 11.8 Å². The molecule has 1 aromatic heterocycles. The molecule has 3 N–H and O–H groups in total. The molecule has 1 rings (SSSR count). The average Bonchev–Trinajstić information content (AvgIpc) is 2.51. The molecular formula is C8H15N5OS. The van der Waals surface area contributed by atoms with E-state index in [1.807, 2.05) is 13.2 Å². The molecule has 7 heteroatoms. The zero-order chi connectivity index (χ0) is 11.3. The fourth-order valence-corrected chi connectivity index (χ4v) is 1.73. The van der Waals surface area contributed by atoms with Crippen molar-refractivity contribution in [3.8, 4) is 0 Å². The Labute approximate surface area is 92.6 Å². The average molecular weight is 229 g/mol. The van der Waals surface area contributed by atoms with Gasteiger partial charge in [0.2, 0.25) is 11.9 Å². The number of nitrogens with zero attached hydrogens (tertiary/aromatic N) is 3. The number of carbonyl (C=O) groups excluding carboxylic acids is 1. The summed E-state index contributed by atoms with van der Waals surface area (Å²) in [5, 5.41) is 6.67. The molecule has 1 unspecified atom stereocenters. The summed E-state index contributed by atoms with van der Waals surface area (Å²) in [5.74, 6) is 0.993. The summed E-state index contributed by atoms with van der Waals surface area (Å²) in [6.45, 7) is 2.12. The van der Waals surface area contributed by atoms with Crippen LogP contribution in [0.25, 0.3) is 0 Å². The SMILES string of the molecule is CSCC(C)NC(=O)Cn1cnc(N)n1. The first-order valence-electron chi connectivity index (χ1n) is 4.55. The predicted molar refractivity (Wildman–Crippen MR) is 60.4 cm³/mol. The maximum Gasteiger partial charge on any atom is 0.242 e.